The Hall–Kier alpha value is -3.55. The molecule has 0 spiro atoms. The molecule has 3 rings (SSSR count). The molecule has 26 heavy (non-hydrogen) atoms. The fraction of sp³-hybridized carbons (Fsp3) is 0.167. The van der Waals surface area contributed by atoms with Gasteiger partial charge in [-0.3, -0.25) is 19.3 Å². The number of nitroso groups, excluding NO2 is 1. The van der Waals surface area contributed by atoms with Crippen LogP contribution in [0.15, 0.2) is 47.6 Å². The molecular weight excluding hydrogens is 336 g/mol. The monoisotopic (exact) mass is 352 g/mol. The number of anilines is 2. The SMILES string of the molecule is CC(=O)Nc1cc(NCCN2C(=O)c3ccccc3C2=O)ccc1N=O. The van der Waals surface area contributed by atoms with E-state index in [0.29, 0.717) is 29.0 Å². The van der Waals surface area contributed by atoms with Crippen molar-refractivity contribution in [3.63, 3.8) is 0 Å². The lowest BCUT2D eigenvalue weighted by Gasteiger charge is -2.15. The molecule has 0 saturated heterocycles. The summed E-state index contributed by atoms with van der Waals surface area (Å²) in [5.74, 6) is -0.947. The summed E-state index contributed by atoms with van der Waals surface area (Å²) < 4.78 is 0. The van der Waals surface area contributed by atoms with Crippen molar-refractivity contribution >= 4 is 34.8 Å². The van der Waals surface area contributed by atoms with Gasteiger partial charge < -0.3 is 10.6 Å². The summed E-state index contributed by atoms with van der Waals surface area (Å²) in [7, 11) is 0. The van der Waals surface area contributed by atoms with Crippen LogP contribution in [0.1, 0.15) is 27.6 Å². The minimum atomic E-state index is -0.321. The van der Waals surface area contributed by atoms with Gasteiger partial charge in [-0.05, 0) is 35.5 Å². The molecule has 1 aliphatic heterocycles. The third kappa shape index (κ3) is 3.30. The van der Waals surface area contributed by atoms with Gasteiger partial charge >= 0.3 is 0 Å². The molecule has 3 amide bonds. The topological polar surface area (TPSA) is 108 Å². The zero-order chi connectivity index (χ0) is 18.7. The van der Waals surface area contributed by atoms with E-state index in [9.17, 15) is 19.3 Å². The Morgan fingerprint density at radius 1 is 1.08 bits per heavy atom. The molecule has 132 valence electrons. The third-order valence-corrected chi connectivity index (χ3v) is 3.95. The van der Waals surface area contributed by atoms with Crippen LogP contribution in [-0.2, 0) is 4.79 Å². The molecule has 2 N–H and O–H groups in total. The van der Waals surface area contributed by atoms with E-state index in [1.807, 2.05) is 0 Å². The molecule has 2 aromatic rings. The molecule has 0 fully saturated rings. The van der Waals surface area contributed by atoms with Crippen LogP contribution in [0.4, 0.5) is 17.1 Å². The Kier molecular flexibility index (Phi) is 4.74. The molecule has 0 bridgehead atoms. The van der Waals surface area contributed by atoms with Gasteiger partial charge in [0, 0.05) is 25.7 Å². The van der Waals surface area contributed by atoms with Crippen molar-refractivity contribution in [2.24, 2.45) is 5.18 Å². The predicted octanol–water partition coefficient (Wildman–Crippen LogP) is 2.75. The van der Waals surface area contributed by atoms with E-state index in [4.69, 9.17) is 0 Å². The van der Waals surface area contributed by atoms with Crippen LogP contribution in [0.3, 0.4) is 0 Å². The minimum Gasteiger partial charge on any atom is -0.383 e. The molecule has 0 saturated carbocycles. The van der Waals surface area contributed by atoms with Crippen LogP contribution < -0.4 is 10.6 Å². The third-order valence-electron chi connectivity index (χ3n) is 3.95. The Labute approximate surface area is 149 Å². The zero-order valence-electron chi connectivity index (χ0n) is 14.0. The number of hydrogen-bond donors (Lipinski definition) is 2. The van der Waals surface area contributed by atoms with E-state index in [2.05, 4.69) is 15.8 Å². The Balaban J connectivity index is 1.66. The van der Waals surface area contributed by atoms with Crippen molar-refractivity contribution in [3.05, 3.63) is 58.5 Å². The number of nitrogens with one attached hydrogen (secondary N) is 2. The van der Waals surface area contributed by atoms with Gasteiger partial charge in [0.05, 0.1) is 16.8 Å². The van der Waals surface area contributed by atoms with Crippen molar-refractivity contribution < 1.29 is 14.4 Å². The van der Waals surface area contributed by atoms with Gasteiger partial charge in [0.1, 0.15) is 5.69 Å². The van der Waals surface area contributed by atoms with Crippen molar-refractivity contribution in [2.75, 3.05) is 23.7 Å². The maximum Gasteiger partial charge on any atom is 0.261 e. The largest absolute Gasteiger partial charge is 0.383 e. The average molecular weight is 352 g/mol. The number of carbonyl (C=O) groups excluding carboxylic acids is 3. The first-order chi connectivity index (χ1) is 12.5. The van der Waals surface area contributed by atoms with Gasteiger partial charge in [-0.2, -0.15) is 0 Å². The number of imide groups is 1. The second-order valence-corrected chi connectivity index (χ2v) is 5.74. The first kappa shape index (κ1) is 17.3. The first-order valence-electron chi connectivity index (χ1n) is 7.95. The summed E-state index contributed by atoms with van der Waals surface area (Å²) in [4.78, 5) is 47.8. The Morgan fingerprint density at radius 3 is 2.31 bits per heavy atom. The van der Waals surface area contributed by atoms with Gasteiger partial charge in [-0.25, -0.2) is 0 Å². The first-order valence-corrected chi connectivity index (χ1v) is 7.95. The molecule has 1 aliphatic rings. The molecule has 0 aliphatic carbocycles. The van der Waals surface area contributed by atoms with E-state index in [0.717, 1.165) is 0 Å². The van der Waals surface area contributed by atoms with Gasteiger partial charge in [-0.15, -0.1) is 4.91 Å². The zero-order valence-corrected chi connectivity index (χ0v) is 14.0. The molecule has 0 radical (unpaired) electrons. The van der Waals surface area contributed by atoms with Crippen LogP contribution in [0.2, 0.25) is 0 Å². The highest BCUT2D eigenvalue weighted by atomic mass is 16.3. The quantitative estimate of drug-likeness (QED) is 0.614. The standard InChI is InChI=1S/C18H16N4O4/c1-11(23)20-16-10-12(6-7-15(16)21-26)19-8-9-22-17(24)13-4-2-3-5-14(13)18(22)25/h2-7,10,19H,8-9H2,1H3,(H,20,23). The van der Waals surface area contributed by atoms with E-state index in [1.54, 1.807) is 36.4 Å². The number of amides is 3. The molecule has 2 aromatic carbocycles. The van der Waals surface area contributed by atoms with Gasteiger partial charge in [-0.1, -0.05) is 12.1 Å². The number of benzene rings is 2. The highest BCUT2D eigenvalue weighted by Crippen LogP contribution is 2.28. The lowest BCUT2D eigenvalue weighted by atomic mass is 10.1. The number of rotatable bonds is 6. The van der Waals surface area contributed by atoms with Crippen LogP contribution >= 0.6 is 0 Å². The molecule has 0 unspecified atom stereocenters. The van der Waals surface area contributed by atoms with Gasteiger partial charge in [0.25, 0.3) is 11.8 Å². The Morgan fingerprint density at radius 2 is 1.73 bits per heavy atom. The smallest absolute Gasteiger partial charge is 0.261 e. The highest BCUT2D eigenvalue weighted by molar-refractivity contribution is 6.21. The lowest BCUT2D eigenvalue weighted by molar-refractivity contribution is -0.114. The predicted molar refractivity (Wildman–Crippen MR) is 96.5 cm³/mol. The number of carbonyl (C=O) groups is 3. The molecule has 0 aromatic heterocycles. The Bertz CT molecular complexity index is 875. The number of hydrogen-bond acceptors (Lipinski definition) is 6. The summed E-state index contributed by atoms with van der Waals surface area (Å²) >= 11 is 0. The average Bonchev–Trinajstić information content (AvgIpc) is 2.87. The van der Waals surface area contributed by atoms with Crippen molar-refractivity contribution in [1.82, 2.24) is 4.90 Å². The van der Waals surface area contributed by atoms with Gasteiger partial charge in [0.15, 0.2) is 0 Å². The van der Waals surface area contributed by atoms with Crippen LogP contribution in [0, 0.1) is 4.91 Å². The fourth-order valence-electron chi connectivity index (χ4n) is 2.77. The molecule has 1 heterocycles. The van der Waals surface area contributed by atoms with Crippen LogP contribution in [0.25, 0.3) is 0 Å². The number of fused-ring (bicyclic) bond motifs is 1. The fourth-order valence-corrected chi connectivity index (χ4v) is 2.77. The van der Waals surface area contributed by atoms with E-state index in [-0.39, 0.29) is 30.0 Å². The molecule has 0 atom stereocenters. The normalized spacial score (nSPS) is 12.7. The van der Waals surface area contributed by atoms with Crippen LogP contribution in [-0.4, -0.2) is 35.7 Å². The summed E-state index contributed by atoms with van der Waals surface area (Å²) in [5.41, 5.74) is 1.85. The molecular formula is C18H16N4O4. The van der Waals surface area contributed by atoms with Crippen LogP contribution in [0.5, 0.6) is 0 Å². The molecule has 8 nitrogen and oxygen atoms in total. The van der Waals surface area contributed by atoms with E-state index in [1.165, 1.54) is 17.9 Å². The van der Waals surface area contributed by atoms with Gasteiger partial charge in [0.2, 0.25) is 5.91 Å². The summed E-state index contributed by atoms with van der Waals surface area (Å²) in [6.45, 7) is 1.84. The highest BCUT2D eigenvalue weighted by Gasteiger charge is 2.34. The minimum absolute atomic E-state index is 0.117. The maximum absolute atomic E-state index is 12.3. The molecule has 8 heteroatoms. The summed E-state index contributed by atoms with van der Waals surface area (Å²) in [5, 5.41) is 8.45. The number of nitrogens with zero attached hydrogens (tertiary/aromatic N) is 2. The second kappa shape index (κ2) is 7.14. The van der Waals surface area contributed by atoms with E-state index >= 15 is 0 Å². The van der Waals surface area contributed by atoms with E-state index < -0.39 is 0 Å². The maximum atomic E-state index is 12.3. The van der Waals surface area contributed by atoms with Crippen molar-refractivity contribution in [2.45, 2.75) is 6.92 Å². The van der Waals surface area contributed by atoms with Crippen molar-refractivity contribution in [1.29, 1.82) is 0 Å². The second-order valence-electron chi connectivity index (χ2n) is 5.74. The summed E-state index contributed by atoms with van der Waals surface area (Å²) in [6, 6.07) is 11.4. The summed E-state index contributed by atoms with van der Waals surface area (Å²) in [6.07, 6.45) is 0. The lowest BCUT2D eigenvalue weighted by Crippen LogP contribution is -2.34. The van der Waals surface area contributed by atoms with Crippen molar-refractivity contribution in [3.8, 4) is 0 Å².